The molecule has 1 aliphatic heterocycles. The zero-order chi connectivity index (χ0) is 17.1. The van der Waals surface area contributed by atoms with Crippen molar-refractivity contribution < 1.29 is 4.79 Å². The molecule has 1 N–H and O–H groups in total. The molecular formula is C18H22ClN3O2. The van der Waals surface area contributed by atoms with Gasteiger partial charge in [0.15, 0.2) is 0 Å². The molecule has 0 saturated heterocycles. The minimum Gasteiger partial charge on any atom is -0.340 e. The molecule has 0 fully saturated rings. The summed E-state index contributed by atoms with van der Waals surface area (Å²) in [6.45, 7) is 3.12. The summed E-state index contributed by atoms with van der Waals surface area (Å²) in [5, 5.41) is 0.717. The van der Waals surface area contributed by atoms with Gasteiger partial charge in [0, 0.05) is 23.4 Å². The van der Waals surface area contributed by atoms with Crippen LogP contribution in [0.5, 0.6) is 0 Å². The van der Waals surface area contributed by atoms with Gasteiger partial charge in [0.2, 0.25) is 6.41 Å². The lowest BCUT2D eigenvalue weighted by molar-refractivity contribution is -0.119. The first-order chi connectivity index (χ1) is 11.6. The van der Waals surface area contributed by atoms with Crippen LogP contribution in [0.1, 0.15) is 61.5 Å². The highest BCUT2D eigenvalue weighted by Gasteiger charge is 2.29. The monoisotopic (exact) mass is 347 g/mol. The molecule has 2 atom stereocenters. The van der Waals surface area contributed by atoms with E-state index in [4.69, 9.17) is 16.6 Å². The third-order valence-electron chi connectivity index (χ3n) is 4.73. The number of aromatic nitrogens is 2. The van der Waals surface area contributed by atoms with Crippen molar-refractivity contribution in [2.45, 2.75) is 51.0 Å². The van der Waals surface area contributed by atoms with Crippen LogP contribution in [0.15, 0.2) is 28.1 Å². The second kappa shape index (κ2) is 7.34. The van der Waals surface area contributed by atoms with E-state index in [-0.39, 0.29) is 17.4 Å². The number of H-pyrrole nitrogens is 1. The van der Waals surface area contributed by atoms with Crippen molar-refractivity contribution in [3.05, 3.63) is 50.7 Å². The van der Waals surface area contributed by atoms with Crippen molar-refractivity contribution in [1.82, 2.24) is 14.9 Å². The predicted molar refractivity (Wildman–Crippen MR) is 94.0 cm³/mol. The molecule has 24 heavy (non-hydrogen) atoms. The second-order valence-electron chi connectivity index (χ2n) is 6.48. The molecule has 2 unspecified atom stereocenters. The Morgan fingerprint density at radius 2 is 2.33 bits per heavy atom. The Morgan fingerprint density at radius 1 is 1.50 bits per heavy atom. The number of carbonyl (C=O) groups excluding carboxylic acids is 1. The molecule has 2 heterocycles. The Morgan fingerprint density at radius 3 is 3.00 bits per heavy atom. The lowest BCUT2D eigenvalue weighted by Gasteiger charge is -2.31. The van der Waals surface area contributed by atoms with Gasteiger partial charge in [-0.2, -0.15) is 0 Å². The number of halogens is 1. The van der Waals surface area contributed by atoms with Crippen LogP contribution in [0, 0.1) is 0 Å². The quantitative estimate of drug-likeness (QED) is 0.832. The fourth-order valence-electron chi connectivity index (χ4n) is 3.39. The fraction of sp³-hybridized carbons (Fsp3) is 0.500. The van der Waals surface area contributed by atoms with Crippen LogP contribution >= 0.6 is 11.6 Å². The van der Waals surface area contributed by atoms with E-state index in [2.05, 4.69) is 11.9 Å². The SMILES string of the molecule is CCCCC1CN(C=O)Cc2c1nc(C1C=CC(Cl)=CC1)[nH]c2=O. The number of allylic oxidation sites excluding steroid dienone is 4. The molecule has 1 aliphatic carbocycles. The molecule has 1 aromatic rings. The number of nitrogens with one attached hydrogen (secondary N) is 1. The number of nitrogens with zero attached hydrogens (tertiary/aromatic N) is 2. The number of unbranched alkanes of at least 4 members (excludes halogenated alkanes) is 1. The number of aromatic amines is 1. The van der Waals surface area contributed by atoms with Gasteiger partial charge in [0.05, 0.1) is 17.8 Å². The van der Waals surface area contributed by atoms with Crippen molar-refractivity contribution in [2.24, 2.45) is 0 Å². The topological polar surface area (TPSA) is 66.1 Å². The van der Waals surface area contributed by atoms with Crippen LogP contribution in [-0.2, 0) is 11.3 Å². The predicted octanol–water partition coefficient (Wildman–Crippen LogP) is 3.18. The third-order valence-corrected chi connectivity index (χ3v) is 5.01. The summed E-state index contributed by atoms with van der Waals surface area (Å²) in [4.78, 5) is 33.2. The van der Waals surface area contributed by atoms with Crippen LogP contribution in [-0.4, -0.2) is 27.8 Å². The molecule has 2 aliphatic rings. The van der Waals surface area contributed by atoms with Gasteiger partial charge in [-0.15, -0.1) is 0 Å². The number of carbonyl (C=O) groups is 1. The smallest absolute Gasteiger partial charge is 0.256 e. The summed E-state index contributed by atoms with van der Waals surface area (Å²) in [7, 11) is 0. The summed E-state index contributed by atoms with van der Waals surface area (Å²) >= 11 is 5.97. The molecule has 128 valence electrons. The lowest BCUT2D eigenvalue weighted by atomic mass is 9.90. The summed E-state index contributed by atoms with van der Waals surface area (Å²) in [6, 6.07) is 0. The molecule has 3 rings (SSSR count). The van der Waals surface area contributed by atoms with Crippen LogP contribution in [0.25, 0.3) is 0 Å². The van der Waals surface area contributed by atoms with E-state index in [0.717, 1.165) is 37.8 Å². The number of rotatable bonds is 5. The Labute approximate surface area is 146 Å². The first kappa shape index (κ1) is 17.0. The largest absolute Gasteiger partial charge is 0.340 e. The summed E-state index contributed by atoms with van der Waals surface area (Å²) in [5.41, 5.74) is 1.37. The Bertz CT molecular complexity index is 738. The van der Waals surface area contributed by atoms with Gasteiger partial charge in [-0.3, -0.25) is 9.59 Å². The summed E-state index contributed by atoms with van der Waals surface area (Å²) in [5.74, 6) is 0.865. The van der Waals surface area contributed by atoms with E-state index in [1.165, 1.54) is 0 Å². The van der Waals surface area contributed by atoms with E-state index < -0.39 is 0 Å². The zero-order valence-electron chi connectivity index (χ0n) is 13.8. The van der Waals surface area contributed by atoms with Gasteiger partial charge in [-0.25, -0.2) is 4.98 Å². The molecular weight excluding hydrogens is 326 g/mol. The lowest BCUT2D eigenvalue weighted by Crippen LogP contribution is -2.38. The average molecular weight is 348 g/mol. The highest BCUT2D eigenvalue weighted by Crippen LogP contribution is 2.31. The maximum Gasteiger partial charge on any atom is 0.256 e. The first-order valence-electron chi connectivity index (χ1n) is 8.48. The molecule has 0 saturated carbocycles. The summed E-state index contributed by atoms with van der Waals surface area (Å²) in [6.07, 6.45) is 10.4. The molecule has 0 bridgehead atoms. The standard InChI is InChI=1S/C18H22ClN3O2/c1-2-3-4-13-9-22(11-23)10-15-16(13)20-17(21-18(15)24)12-5-7-14(19)8-6-12/h5,7-8,11-13H,2-4,6,9-10H2,1H3,(H,20,21,24). The van der Waals surface area contributed by atoms with Crippen LogP contribution < -0.4 is 5.56 Å². The van der Waals surface area contributed by atoms with Gasteiger partial charge in [0.1, 0.15) is 5.82 Å². The number of fused-ring (bicyclic) bond motifs is 1. The molecule has 5 nitrogen and oxygen atoms in total. The second-order valence-corrected chi connectivity index (χ2v) is 6.92. The van der Waals surface area contributed by atoms with Crippen LogP contribution in [0.2, 0.25) is 0 Å². The molecule has 1 aromatic heterocycles. The van der Waals surface area contributed by atoms with Gasteiger partial charge in [-0.1, -0.05) is 43.5 Å². The number of hydrogen-bond donors (Lipinski definition) is 1. The Hall–Kier alpha value is -1.88. The van der Waals surface area contributed by atoms with Gasteiger partial charge in [-0.05, 0) is 18.9 Å². The van der Waals surface area contributed by atoms with Crippen molar-refractivity contribution in [2.75, 3.05) is 6.54 Å². The maximum absolute atomic E-state index is 12.6. The number of amides is 1. The highest BCUT2D eigenvalue weighted by atomic mass is 35.5. The first-order valence-corrected chi connectivity index (χ1v) is 8.86. The number of hydrogen-bond acceptors (Lipinski definition) is 3. The molecule has 1 amide bonds. The van der Waals surface area contributed by atoms with E-state index in [1.54, 1.807) is 4.90 Å². The average Bonchev–Trinajstić information content (AvgIpc) is 2.60. The van der Waals surface area contributed by atoms with E-state index in [9.17, 15) is 9.59 Å². The molecule has 0 aromatic carbocycles. The third kappa shape index (κ3) is 3.46. The highest BCUT2D eigenvalue weighted by molar-refractivity contribution is 6.31. The fourth-order valence-corrected chi connectivity index (χ4v) is 3.55. The van der Waals surface area contributed by atoms with E-state index in [0.29, 0.717) is 29.5 Å². The minimum absolute atomic E-state index is 0.0430. The van der Waals surface area contributed by atoms with Crippen LogP contribution in [0.3, 0.4) is 0 Å². The zero-order valence-corrected chi connectivity index (χ0v) is 14.6. The Kier molecular flexibility index (Phi) is 5.19. The molecule has 6 heteroatoms. The van der Waals surface area contributed by atoms with E-state index in [1.807, 2.05) is 18.2 Å². The van der Waals surface area contributed by atoms with Crippen molar-refractivity contribution in [1.29, 1.82) is 0 Å². The van der Waals surface area contributed by atoms with Gasteiger partial charge in [0.25, 0.3) is 5.56 Å². The normalized spacial score (nSPS) is 22.9. The molecule has 0 radical (unpaired) electrons. The van der Waals surface area contributed by atoms with Crippen molar-refractivity contribution >= 4 is 18.0 Å². The molecule has 0 spiro atoms. The maximum atomic E-state index is 12.6. The van der Waals surface area contributed by atoms with Crippen molar-refractivity contribution in [3.63, 3.8) is 0 Å². The van der Waals surface area contributed by atoms with Gasteiger partial charge < -0.3 is 9.88 Å². The van der Waals surface area contributed by atoms with Crippen molar-refractivity contribution in [3.8, 4) is 0 Å². The minimum atomic E-state index is -0.128. The Balaban J connectivity index is 1.96. The summed E-state index contributed by atoms with van der Waals surface area (Å²) < 4.78 is 0. The van der Waals surface area contributed by atoms with E-state index >= 15 is 0 Å². The van der Waals surface area contributed by atoms with Crippen LogP contribution in [0.4, 0.5) is 0 Å². The van der Waals surface area contributed by atoms with Gasteiger partial charge >= 0.3 is 0 Å².